The molecule has 1 amide bonds. The summed E-state index contributed by atoms with van der Waals surface area (Å²) in [6.07, 6.45) is 4.50. The van der Waals surface area contributed by atoms with Gasteiger partial charge >= 0.3 is 0 Å². The average molecular weight is 266 g/mol. The van der Waals surface area contributed by atoms with E-state index in [2.05, 4.69) is 5.10 Å². The van der Waals surface area contributed by atoms with Gasteiger partial charge in [0.05, 0.1) is 5.69 Å². The Hall–Kier alpha value is -1.56. The Kier molecular flexibility index (Phi) is 4.42. The minimum atomic E-state index is -0.0904. The molecule has 0 saturated carbocycles. The second-order valence-corrected chi connectivity index (χ2v) is 5.06. The molecule has 0 bridgehead atoms. The lowest BCUT2D eigenvalue weighted by Gasteiger charge is -2.32. The lowest BCUT2D eigenvalue weighted by molar-refractivity contribution is 0.0648. The monoisotopic (exact) mass is 266 g/mol. The maximum Gasteiger partial charge on any atom is 0.276 e. The van der Waals surface area contributed by atoms with E-state index in [0.29, 0.717) is 30.4 Å². The first-order valence-electron chi connectivity index (χ1n) is 6.88. The summed E-state index contributed by atoms with van der Waals surface area (Å²) < 4.78 is 1.68. The van der Waals surface area contributed by atoms with Crippen LogP contribution < -0.4 is 5.73 Å². The molecule has 0 aromatic carbocycles. The number of carbonyl (C=O) groups excluding carboxylic acids is 1. The molecule has 2 heterocycles. The number of piperidine rings is 1. The maximum absolute atomic E-state index is 12.4. The Bertz CT molecular complexity index is 442. The van der Waals surface area contributed by atoms with Gasteiger partial charge in [0, 0.05) is 32.4 Å². The van der Waals surface area contributed by atoms with Crippen molar-refractivity contribution >= 4 is 11.6 Å². The molecule has 2 rings (SSSR count). The molecule has 6 heteroatoms. The number of rotatable bonds is 4. The Morgan fingerprint density at radius 3 is 3.05 bits per heavy atom. The lowest BCUT2D eigenvalue weighted by Crippen LogP contribution is -2.40. The van der Waals surface area contributed by atoms with Crippen LogP contribution in [0.15, 0.2) is 6.20 Å². The fraction of sp³-hybridized carbons (Fsp3) is 0.692. The first-order valence-corrected chi connectivity index (χ1v) is 6.88. The molecular weight excluding hydrogens is 244 g/mol. The van der Waals surface area contributed by atoms with Crippen LogP contribution in [0, 0.1) is 5.92 Å². The summed E-state index contributed by atoms with van der Waals surface area (Å²) in [4.78, 5) is 14.2. The van der Waals surface area contributed by atoms with Crippen LogP contribution in [0.25, 0.3) is 0 Å². The van der Waals surface area contributed by atoms with Crippen LogP contribution in [-0.2, 0) is 6.54 Å². The number of nitrogens with two attached hydrogens (primary N) is 1. The molecule has 1 aromatic heterocycles. The normalized spacial score (nSPS) is 19.7. The fourth-order valence-corrected chi connectivity index (χ4v) is 2.58. The number of amides is 1. The number of nitrogens with zero attached hydrogens (tertiary/aromatic N) is 3. The molecule has 106 valence electrons. The summed E-state index contributed by atoms with van der Waals surface area (Å²) in [5.74, 6) is 0.296. The maximum atomic E-state index is 12.4. The highest BCUT2D eigenvalue weighted by atomic mass is 16.3. The van der Waals surface area contributed by atoms with Crippen LogP contribution in [0.1, 0.15) is 36.7 Å². The SMILES string of the molecule is CCn1cc(N)c(C(=O)N2CCCC(CCO)C2)n1. The van der Waals surface area contributed by atoms with Gasteiger partial charge in [0.15, 0.2) is 5.69 Å². The molecule has 3 N–H and O–H groups in total. The third kappa shape index (κ3) is 3.07. The first kappa shape index (κ1) is 13.9. The molecule has 1 fully saturated rings. The summed E-state index contributed by atoms with van der Waals surface area (Å²) in [7, 11) is 0. The molecule has 0 spiro atoms. The predicted molar refractivity (Wildman–Crippen MR) is 72.6 cm³/mol. The molecule has 6 nitrogen and oxygen atoms in total. The minimum absolute atomic E-state index is 0.0904. The number of carbonyl (C=O) groups is 1. The van der Waals surface area contributed by atoms with Gasteiger partial charge in [-0.25, -0.2) is 0 Å². The number of likely N-dealkylation sites (tertiary alicyclic amines) is 1. The van der Waals surface area contributed by atoms with Crippen LogP contribution in [-0.4, -0.2) is 45.4 Å². The number of aromatic nitrogens is 2. The van der Waals surface area contributed by atoms with Gasteiger partial charge in [0.2, 0.25) is 0 Å². The van der Waals surface area contributed by atoms with Crippen molar-refractivity contribution in [2.45, 2.75) is 32.7 Å². The van der Waals surface area contributed by atoms with E-state index in [1.165, 1.54) is 0 Å². The molecule has 1 saturated heterocycles. The summed E-state index contributed by atoms with van der Waals surface area (Å²) in [5.41, 5.74) is 6.64. The summed E-state index contributed by atoms with van der Waals surface area (Å²) in [6, 6.07) is 0. The molecule has 1 unspecified atom stereocenters. The average Bonchev–Trinajstić information content (AvgIpc) is 2.80. The Morgan fingerprint density at radius 1 is 1.63 bits per heavy atom. The summed E-state index contributed by atoms with van der Waals surface area (Å²) in [5, 5.41) is 13.2. The number of aliphatic hydroxyl groups excluding tert-OH is 1. The van der Waals surface area contributed by atoms with E-state index in [0.717, 1.165) is 25.8 Å². The highest BCUT2D eigenvalue weighted by Gasteiger charge is 2.26. The third-order valence-electron chi connectivity index (χ3n) is 3.66. The van der Waals surface area contributed by atoms with E-state index in [1.54, 1.807) is 10.9 Å². The number of aliphatic hydroxyl groups is 1. The molecule has 1 atom stereocenters. The summed E-state index contributed by atoms with van der Waals surface area (Å²) in [6.45, 7) is 4.28. The highest BCUT2D eigenvalue weighted by Crippen LogP contribution is 2.22. The number of hydrogen-bond acceptors (Lipinski definition) is 4. The zero-order valence-electron chi connectivity index (χ0n) is 11.4. The van der Waals surface area contributed by atoms with Gasteiger partial charge in [-0.15, -0.1) is 0 Å². The zero-order chi connectivity index (χ0) is 13.8. The largest absolute Gasteiger partial charge is 0.396 e. The van der Waals surface area contributed by atoms with Crippen LogP contribution >= 0.6 is 0 Å². The van der Waals surface area contributed by atoms with Crippen molar-refractivity contribution in [2.24, 2.45) is 5.92 Å². The van der Waals surface area contributed by atoms with Crippen LogP contribution in [0.2, 0.25) is 0 Å². The molecule has 19 heavy (non-hydrogen) atoms. The van der Waals surface area contributed by atoms with Crippen molar-refractivity contribution in [3.63, 3.8) is 0 Å². The number of hydrogen-bond donors (Lipinski definition) is 2. The number of anilines is 1. The molecule has 1 aromatic rings. The van der Waals surface area contributed by atoms with E-state index in [1.807, 2.05) is 11.8 Å². The van der Waals surface area contributed by atoms with E-state index >= 15 is 0 Å². The first-order chi connectivity index (χ1) is 9.15. The van der Waals surface area contributed by atoms with Crippen molar-refractivity contribution in [1.82, 2.24) is 14.7 Å². The Morgan fingerprint density at radius 2 is 2.42 bits per heavy atom. The molecule has 1 aliphatic heterocycles. The molecule has 0 radical (unpaired) electrons. The third-order valence-corrected chi connectivity index (χ3v) is 3.66. The van der Waals surface area contributed by atoms with Crippen LogP contribution in [0.5, 0.6) is 0 Å². The van der Waals surface area contributed by atoms with Gasteiger partial charge in [-0.2, -0.15) is 5.10 Å². The van der Waals surface area contributed by atoms with Crippen molar-refractivity contribution in [1.29, 1.82) is 0 Å². The van der Waals surface area contributed by atoms with Crippen molar-refractivity contribution in [3.05, 3.63) is 11.9 Å². The second-order valence-electron chi connectivity index (χ2n) is 5.06. The van der Waals surface area contributed by atoms with Gasteiger partial charge in [-0.1, -0.05) is 0 Å². The van der Waals surface area contributed by atoms with Gasteiger partial charge in [0.1, 0.15) is 0 Å². The Balaban J connectivity index is 2.07. The van der Waals surface area contributed by atoms with E-state index < -0.39 is 0 Å². The predicted octanol–water partition coefficient (Wildman–Crippen LogP) is 0.720. The zero-order valence-corrected chi connectivity index (χ0v) is 11.4. The molecule has 1 aliphatic rings. The number of aryl methyl sites for hydroxylation is 1. The lowest BCUT2D eigenvalue weighted by atomic mass is 9.95. The van der Waals surface area contributed by atoms with E-state index in [-0.39, 0.29) is 12.5 Å². The van der Waals surface area contributed by atoms with E-state index in [4.69, 9.17) is 10.8 Å². The van der Waals surface area contributed by atoms with E-state index in [9.17, 15) is 4.79 Å². The number of nitrogen functional groups attached to an aromatic ring is 1. The second kappa shape index (κ2) is 6.06. The highest BCUT2D eigenvalue weighted by molar-refractivity contribution is 5.97. The Labute approximate surface area is 113 Å². The van der Waals surface area contributed by atoms with Crippen molar-refractivity contribution in [2.75, 3.05) is 25.4 Å². The van der Waals surface area contributed by atoms with Crippen molar-refractivity contribution < 1.29 is 9.90 Å². The smallest absolute Gasteiger partial charge is 0.276 e. The van der Waals surface area contributed by atoms with Gasteiger partial charge in [0.25, 0.3) is 5.91 Å². The topological polar surface area (TPSA) is 84.4 Å². The van der Waals surface area contributed by atoms with Gasteiger partial charge < -0.3 is 15.7 Å². The van der Waals surface area contributed by atoms with Gasteiger partial charge in [-0.05, 0) is 32.1 Å². The van der Waals surface area contributed by atoms with Gasteiger partial charge in [-0.3, -0.25) is 9.48 Å². The molecule has 0 aliphatic carbocycles. The van der Waals surface area contributed by atoms with Crippen LogP contribution in [0.3, 0.4) is 0 Å². The fourth-order valence-electron chi connectivity index (χ4n) is 2.58. The molecular formula is C13H22N4O2. The minimum Gasteiger partial charge on any atom is -0.396 e. The standard InChI is InChI=1S/C13H22N4O2/c1-2-17-9-11(14)12(15-17)13(19)16-6-3-4-10(8-16)5-7-18/h9-10,18H,2-8,14H2,1H3. The van der Waals surface area contributed by atoms with Crippen LogP contribution in [0.4, 0.5) is 5.69 Å². The quantitative estimate of drug-likeness (QED) is 0.841. The summed E-state index contributed by atoms with van der Waals surface area (Å²) >= 11 is 0. The van der Waals surface area contributed by atoms with Crippen molar-refractivity contribution in [3.8, 4) is 0 Å².